The zero-order valence-electron chi connectivity index (χ0n) is 12.6. The zero-order valence-corrected chi connectivity index (χ0v) is 12.6. The van der Waals surface area contributed by atoms with Crippen LogP contribution in [0.25, 0.3) is 0 Å². The zero-order chi connectivity index (χ0) is 14.5. The van der Waals surface area contributed by atoms with Crippen molar-refractivity contribution in [2.45, 2.75) is 62.6 Å². The molecule has 2 N–H and O–H groups in total. The van der Waals surface area contributed by atoms with Gasteiger partial charge in [0.25, 0.3) is 0 Å². The van der Waals surface area contributed by atoms with E-state index >= 15 is 0 Å². The minimum Gasteiger partial charge on any atom is -0.481 e. The van der Waals surface area contributed by atoms with Crippen LogP contribution in [-0.2, 0) is 9.53 Å². The van der Waals surface area contributed by atoms with E-state index in [-0.39, 0.29) is 5.60 Å². The van der Waals surface area contributed by atoms with E-state index in [4.69, 9.17) is 4.74 Å². The van der Waals surface area contributed by atoms with Crippen molar-refractivity contribution in [2.24, 2.45) is 5.41 Å². The van der Waals surface area contributed by atoms with Gasteiger partial charge >= 0.3 is 5.97 Å². The Morgan fingerprint density at radius 3 is 2.48 bits per heavy atom. The Kier molecular flexibility index (Phi) is 3.28. The summed E-state index contributed by atoms with van der Waals surface area (Å²) in [5.74, 6) is -0.603. The molecule has 2 saturated heterocycles. The average molecular weight is 294 g/mol. The van der Waals surface area contributed by atoms with Gasteiger partial charge in [0.15, 0.2) is 0 Å². The summed E-state index contributed by atoms with van der Waals surface area (Å²) in [5.41, 5.74) is -0.347. The highest BCUT2D eigenvalue weighted by molar-refractivity contribution is 5.78. The van der Waals surface area contributed by atoms with Crippen molar-refractivity contribution in [3.8, 4) is 0 Å². The van der Waals surface area contributed by atoms with Crippen molar-refractivity contribution in [1.82, 2.24) is 10.2 Å². The van der Waals surface area contributed by atoms with Gasteiger partial charge in [0.2, 0.25) is 0 Å². The molecule has 0 aromatic rings. The molecule has 2 aliphatic heterocycles. The van der Waals surface area contributed by atoms with Crippen LogP contribution in [0.1, 0.15) is 44.9 Å². The first-order chi connectivity index (χ1) is 10.1. The summed E-state index contributed by atoms with van der Waals surface area (Å²) < 4.78 is 6.16. The Hall–Kier alpha value is -0.650. The third-order valence-electron chi connectivity index (χ3n) is 5.86. The molecule has 4 fully saturated rings. The lowest BCUT2D eigenvalue weighted by molar-refractivity contribution is -0.144. The van der Waals surface area contributed by atoms with Crippen molar-refractivity contribution < 1.29 is 14.6 Å². The van der Waals surface area contributed by atoms with Gasteiger partial charge in [-0.2, -0.15) is 0 Å². The van der Waals surface area contributed by atoms with E-state index in [1.165, 1.54) is 12.8 Å². The summed E-state index contributed by atoms with van der Waals surface area (Å²) in [6, 6.07) is 1.29. The molecule has 1 unspecified atom stereocenters. The van der Waals surface area contributed by atoms with Crippen LogP contribution >= 0.6 is 0 Å². The van der Waals surface area contributed by atoms with Gasteiger partial charge in [-0.15, -0.1) is 0 Å². The number of hydrogen-bond acceptors (Lipinski definition) is 4. The van der Waals surface area contributed by atoms with E-state index < -0.39 is 11.4 Å². The first-order valence-corrected chi connectivity index (χ1v) is 8.45. The number of likely N-dealkylation sites (tertiary alicyclic amines) is 1. The Balaban J connectivity index is 1.27. The van der Waals surface area contributed by atoms with Crippen molar-refractivity contribution >= 4 is 5.97 Å². The van der Waals surface area contributed by atoms with Crippen LogP contribution in [0.3, 0.4) is 0 Å². The van der Waals surface area contributed by atoms with Crippen LogP contribution in [0.5, 0.6) is 0 Å². The van der Waals surface area contributed by atoms with Gasteiger partial charge in [-0.05, 0) is 44.9 Å². The fraction of sp³-hybridized carbons (Fsp3) is 0.938. The van der Waals surface area contributed by atoms with E-state index in [1.54, 1.807) is 0 Å². The standard InChI is InChI=1S/C16H26N2O3/c19-14(20)15(3-4-15)11-18-7-5-16(6-8-18)9-13(10-21-16)17-12-1-2-12/h12-13,17H,1-11H2,(H,19,20). The van der Waals surface area contributed by atoms with Crippen LogP contribution in [0.4, 0.5) is 0 Å². The minimum absolute atomic E-state index is 0.0724. The smallest absolute Gasteiger partial charge is 0.310 e. The Bertz CT molecular complexity index is 423. The molecule has 2 aliphatic carbocycles. The molecule has 1 atom stereocenters. The molecule has 0 amide bonds. The summed E-state index contributed by atoms with van der Waals surface area (Å²) in [7, 11) is 0. The lowest BCUT2D eigenvalue weighted by Gasteiger charge is -2.39. The molecule has 2 heterocycles. The lowest BCUT2D eigenvalue weighted by Crippen LogP contribution is -2.47. The molecule has 118 valence electrons. The molecular weight excluding hydrogens is 268 g/mol. The molecule has 0 aromatic carbocycles. The Labute approximate surface area is 126 Å². The highest BCUT2D eigenvalue weighted by atomic mass is 16.5. The third kappa shape index (κ3) is 2.83. The van der Waals surface area contributed by atoms with E-state index in [2.05, 4.69) is 10.2 Å². The maximum atomic E-state index is 11.3. The van der Waals surface area contributed by atoms with Gasteiger partial charge in [0.1, 0.15) is 0 Å². The van der Waals surface area contributed by atoms with Crippen molar-refractivity contribution in [3.05, 3.63) is 0 Å². The number of hydrogen-bond donors (Lipinski definition) is 2. The molecule has 0 radical (unpaired) electrons. The summed E-state index contributed by atoms with van der Waals surface area (Å²) in [6.45, 7) is 3.58. The van der Waals surface area contributed by atoms with Crippen LogP contribution < -0.4 is 5.32 Å². The van der Waals surface area contributed by atoms with Gasteiger partial charge in [-0.25, -0.2) is 0 Å². The van der Waals surface area contributed by atoms with Crippen molar-refractivity contribution in [1.29, 1.82) is 0 Å². The maximum absolute atomic E-state index is 11.3. The molecule has 5 nitrogen and oxygen atoms in total. The number of nitrogens with one attached hydrogen (secondary N) is 1. The number of ether oxygens (including phenoxy) is 1. The number of nitrogens with zero attached hydrogens (tertiary/aromatic N) is 1. The quantitative estimate of drug-likeness (QED) is 0.798. The van der Waals surface area contributed by atoms with Crippen LogP contribution in [0.15, 0.2) is 0 Å². The number of aliphatic carboxylic acids is 1. The SMILES string of the molecule is O=C(O)C1(CN2CCC3(CC2)CC(NC2CC2)CO3)CC1. The second-order valence-electron chi connectivity index (χ2n) is 7.70. The Morgan fingerprint density at radius 1 is 1.19 bits per heavy atom. The van der Waals surface area contributed by atoms with Crippen LogP contribution in [-0.4, -0.2) is 59.9 Å². The maximum Gasteiger partial charge on any atom is 0.310 e. The van der Waals surface area contributed by atoms with Crippen molar-refractivity contribution in [3.63, 3.8) is 0 Å². The first kappa shape index (κ1) is 14.0. The monoisotopic (exact) mass is 294 g/mol. The predicted molar refractivity (Wildman–Crippen MR) is 78.2 cm³/mol. The number of piperidine rings is 1. The van der Waals surface area contributed by atoms with E-state index in [1.807, 2.05) is 0 Å². The normalized spacial score (nSPS) is 34.2. The molecular formula is C16H26N2O3. The van der Waals surface area contributed by atoms with Crippen molar-refractivity contribution in [2.75, 3.05) is 26.2 Å². The number of rotatable bonds is 5. The summed E-state index contributed by atoms with van der Waals surface area (Å²) in [6.07, 6.45) is 7.63. The topological polar surface area (TPSA) is 61.8 Å². The summed E-state index contributed by atoms with van der Waals surface area (Å²) >= 11 is 0. The van der Waals surface area contributed by atoms with Gasteiger partial charge in [-0.3, -0.25) is 4.79 Å². The molecule has 1 spiro atoms. The fourth-order valence-corrected chi connectivity index (χ4v) is 4.02. The number of carboxylic acid groups (broad SMARTS) is 1. The predicted octanol–water partition coefficient (Wildman–Crippen LogP) is 1.23. The van der Waals surface area contributed by atoms with Gasteiger partial charge in [0.05, 0.1) is 17.6 Å². The average Bonchev–Trinajstić information content (AvgIpc) is 3.36. The van der Waals surface area contributed by atoms with E-state index in [9.17, 15) is 9.90 Å². The van der Waals surface area contributed by atoms with Gasteiger partial charge < -0.3 is 20.1 Å². The summed E-state index contributed by atoms with van der Waals surface area (Å²) in [5, 5.41) is 13.0. The molecule has 4 aliphatic rings. The minimum atomic E-state index is -0.603. The Morgan fingerprint density at radius 2 is 1.90 bits per heavy atom. The highest BCUT2D eigenvalue weighted by Crippen LogP contribution is 2.47. The molecule has 21 heavy (non-hydrogen) atoms. The third-order valence-corrected chi connectivity index (χ3v) is 5.86. The summed E-state index contributed by atoms with van der Waals surface area (Å²) in [4.78, 5) is 13.6. The number of carbonyl (C=O) groups is 1. The van der Waals surface area contributed by atoms with E-state index in [0.29, 0.717) is 6.04 Å². The molecule has 4 rings (SSSR count). The molecule has 0 bridgehead atoms. The van der Waals surface area contributed by atoms with Crippen LogP contribution in [0.2, 0.25) is 0 Å². The largest absolute Gasteiger partial charge is 0.481 e. The van der Waals surface area contributed by atoms with Gasteiger partial charge in [-0.1, -0.05) is 0 Å². The van der Waals surface area contributed by atoms with Gasteiger partial charge in [0, 0.05) is 31.7 Å². The fourth-order valence-electron chi connectivity index (χ4n) is 4.02. The number of carboxylic acids is 1. The first-order valence-electron chi connectivity index (χ1n) is 8.45. The molecule has 5 heteroatoms. The molecule has 0 aromatic heterocycles. The highest BCUT2D eigenvalue weighted by Gasteiger charge is 2.52. The second kappa shape index (κ2) is 4.93. The second-order valence-corrected chi connectivity index (χ2v) is 7.70. The van der Waals surface area contributed by atoms with E-state index in [0.717, 1.165) is 64.4 Å². The lowest BCUT2D eigenvalue weighted by atomic mass is 9.87. The molecule has 2 saturated carbocycles. The van der Waals surface area contributed by atoms with Crippen LogP contribution in [0, 0.1) is 5.41 Å².